The predicted octanol–water partition coefficient (Wildman–Crippen LogP) is 5.49. The smallest absolute Gasteiger partial charge is 0.128 e. The molecule has 0 spiro atoms. The van der Waals surface area contributed by atoms with Gasteiger partial charge in [0.2, 0.25) is 0 Å². The molecule has 4 rings (SSSR count). The number of halogens is 4. The van der Waals surface area contributed by atoms with Crippen LogP contribution in [0.4, 0.5) is 4.39 Å². The Morgan fingerprint density at radius 2 is 1.58 bits per heavy atom. The summed E-state index contributed by atoms with van der Waals surface area (Å²) in [6, 6.07) is 13.1. The summed E-state index contributed by atoms with van der Waals surface area (Å²) in [5.41, 5.74) is 2.61. The van der Waals surface area contributed by atoms with Crippen LogP contribution in [-0.2, 0) is 18.6 Å². The molecule has 1 saturated carbocycles. The molecule has 1 aliphatic heterocycles. The second-order valence-corrected chi connectivity index (χ2v) is 8.80. The normalized spacial score (nSPS) is 18.1. The van der Waals surface area contributed by atoms with E-state index >= 15 is 0 Å². The first kappa shape index (κ1) is 30.0. The second-order valence-electron chi connectivity index (χ2n) is 8.80. The summed E-state index contributed by atoms with van der Waals surface area (Å²) in [6.45, 7) is 8.99. The van der Waals surface area contributed by atoms with E-state index in [4.69, 9.17) is 0 Å². The molecular weight excluding hydrogens is 484 g/mol. The van der Waals surface area contributed by atoms with Gasteiger partial charge in [0, 0.05) is 55.9 Å². The topological polar surface area (TPSA) is 38.7 Å². The first-order valence-corrected chi connectivity index (χ1v) is 11.4. The van der Waals surface area contributed by atoms with Gasteiger partial charge >= 0.3 is 0 Å². The SMILES string of the molecule is CCN1CCN(Cc2cc(CNC3(c4ccccc4F)CCCC3)ccc2O)CC1.Cl.Cl.Cl. The van der Waals surface area contributed by atoms with Gasteiger partial charge in [0.05, 0.1) is 0 Å². The maximum absolute atomic E-state index is 14.6. The van der Waals surface area contributed by atoms with Gasteiger partial charge in [-0.1, -0.05) is 44.0 Å². The van der Waals surface area contributed by atoms with Gasteiger partial charge in [0.1, 0.15) is 11.6 Å². The van der Waals surface area contributed by atoms with Crippen LogP contribution in [0.5, 0.6) is 5.75 Å². The molecule has 0 radical (unpaired) electrons. The highest BCUT2D eigenvalue weighted by atomic mass is 35.5. The number of benzene rings is 2. The number of nitrogens with zero attached hydrogens (tertiary/aromatic N) is 2. The largest absolute Gasteiger partial charge is 0.508 e. The Balaban J connectivity index is 0.00000181. The fourth-order valence-electron chi connectivity index (χ4n) is 5.02. The lowest BCUT2D eigenvalue weighted by Crippen LogP contribution is -2.45. The molecule has 2 aromatic carbocycles. The minimum Gasteiger partial charge on any atom is -0.508 e. The van der Waals surface area contributed by atoms with E-state index in [1.165, 1.54) is 0 Å². The minimum atomic E-state index is -0.292. The number of hydrogen-bond donors (Lipinski definition) is 2. The number of nitrogens with one attached hydrogen (secondary N) is 1. The summed E-state index contributed by atoms with van der Waals surface area (Å²) in [7, 11) is 0. The first-order valence-electron chi connectivity index (χ1n) is 11.4. The lowest BCUT2D eigenvalue weighted by Gasteiger charge is -2.34. The second kappa shape index (κ2) is 13.7. The van der Waals surface area contributed by atoms with Crippen LogP contribution in [0.2, 0.25) is 0 Å². The zero-order valence-corrected chi connectivity index (χ0v) is 21.7. The van der Waals surface area contributed by atoms with Crippen molar-refractivity contribution in [1.29, 1.82) is 0 Å². The minimum absolute atomic E-state index is 0. The molecule has 2 fully saturated rings. The van der Waals surface area contributed by atoms with Gasteiger partial charge in [0.15, 0.2) is 0 Å². The van der Waals surface area contributed by atoms with E-state index < -0.39 is 0 Å². The number of likely N-dealkylation sites (N-methyl/N-ethyl adjacent to an activating group) is 1. The summed E-state index contributed by atoms with van der Waals surface area (Å²) in [6.07, 6.45) is 4.15. The van der Waals surface area contributed by atoms with Crippen LogP contribution in [0.15, 0.2) is 42.5 Å². The van der Waals surface area contributed by atoms with Gasteiger partial charge in [0.25, 0.3) is 0 Å². The van der Waals surface area contributed by atoms with Gasteiger partial charge in [-0.05, 0) is 43.1 Å². The third-order valence-corrected chi connectivity index (χ3v) is 6.93. The number of phenolic OH excluding ortho intramolecular Hbond substituents is 1. The fourth-order valence-corrected chi connectivity index (χ4v) is 5.02. The zero-order valence-electron chi connectivity index (χ0n) is 19.3. The molecule has 2 aromatic rings. The first-order chi connectivity index (χ1) is 14.6. The van der Waals surface area contributed by atoms with Crippen LogP contribution in [0.1, 0.15) is 49.3 Å². The zero-order chi connectivity index (χ0) is 21.0. The summed E-state index contributed by atoms with van der Waals surface area (Å²) < 4.78 is 14.6. The molecule has 186 valence electrons. The summed E-state index contributed by atoms with van der Waals surface area (Å²) in [5, 5.41) is 14.1. The molecule has 0 aromatic heterocycles. The maximum Gasteiger partial charge on any atom is 0.128 e. The third kappa shape index (κ3) is 7.20. The number of hydrogen-bond acceptors (Lipinski definition) is 4. The van der Waals surface area contributed by atoms with E-state index in [9.17, 15) is 9.50 Å². The molecule has 1 aliphatic carbocycles. The van der Waals surface area contributed by atoms with E-state index in [1.807, 2.05) is 18.2 Å². The van der Waals surface area contributed by atoms with E-state index in [0.29, 0.717) is 12.3 Å². The van der Waals surface area contributed by atoms with Crippen molar-refractivity contribution < 1.29 is 9.50 Å². The standard InChI is InChI=1S/C25H34FN3O.3ClH/c1-2-28-13-15-29(16-14-28)19-21-17-20(9-10-24(21)30)18-27-25(11-5-6-12-25)22-7-3-4-8-23(22)26;;;/h3-4,7-10,17,27,30H,2,5-6,11-16,18-19H2,1H3;3*1H. The maximum atomic E-state index is 14.6. The quantitative estimate of drug-likeness (QED) is 0.506. The Hall–Kier alpha value is -1.08. The number of aromatic hydroxyl groups is 1. The van der Waals surface area contributed by atoms with Gasteiger partial charge in [-0.3, -0.25) is 4.90 Å². The Labute approximate surface area is 216 Å². The van der Waals surface area contributed by atoms with Crippen molar-refractivity contribution in [3.63, 3.8) is 0 Å². The fraction of sp³-hybridized carbons (Fsp3) is 0.520. The molecule has 2 N–H and O–H groups in total. The van der Waals surface area contributed by atoms with Crippen molar-refractivity contribution in [3.05, 3.63) is 65.0 Å². The van der Waals surface area contributed by atoms with E-state index in [0.717, 1.165) is 81.6 Å². The Morgan fingerprint density at radius 3 is 2.21 bits per heavy atom. The predicted molar refractivity (Wildman–Crippen MR) is 141 cm³/mol. The molecule has 4 nitrogen and oxygen atoms in total. The summed E-state index contributed by atoms with van der Waals surface area (Å²) >= 11 is 0. The van der Waals surface area contributed by atoms with E-state index in [-0.39, 0.29) is 48.6 Å². The number of piperazine rings is 1. The Bertz CT molecular complexity index is 857. The van der Waals surface area contributed by atoms with Gasteiger partial charge in [-0.2, -0.15) is 0 Å². The van der Waals surface area contributed by atoms with Crippen molar-refractivity contribution in [3.8, 4) is 5.75 Å². The average molecular weight is 521 g/mol. The molecule has 33 heavy (non-hydrogen) atoms. The highest BCUT2D eigenvalue weighted by molar-refractivity contribution is 5.86. The van der Waals surface area contributed by atoms with E-state index in [1.54, 1.807) is 18.2 Å². The van der Waals surface area contributed by atoms with E-state index in [2.05, 4.69) is 28.1 Å². The number of rotatable bonds is 7. The van der Waals surface area contributed by atoms with Crippen LogP contribution in [0, 0.1) is 5.82 Å². The van der Waals surface area contributed by atoms with Crippen molar-refractivity contribution in [1.82, 2.24) is 15.1 Å². The molecule has 0 bridgehead atoms. The Morgan fingerprint density at radius 1 is 0.939 bits per heavy atom. The van der Waals surface area contributed by atoms with Gasteiger partial charge < -0.3 is 15.3 Å². The molecular formula is C25H37Cl3FN3O. The van der Waals surface area contributed by atoms with Crippen LogP contribution in [0.3, 0.4) is 0 Å². The van der Waals surface area contributed by atoms with Crippen LogP contribution < -0.4 is 5.32 Å². The van der Waals surface area contributed by atoms with Crippen molar-refractivity contribution in [2.24, 2.45) is 0 Å². The summed E-state index contributed by atoms with van der Waals surface area (Å²) in [4.78, 5) is 4.87. The lowest BCUT2D eigenvalue weighted by molar-refractivity contribution is 0.131. The third-order valence-electron chi connectivity index (χ3n) is 6.93. The molecule has 1 saturated heterocycles. The van der Waals surface area contributed by atoms with Crippen molar-refractivity contribution >= 4 is 37.2 Å². The molecule has 2 aliphatic rings. The molecule has 1 heterocycles. The molecule has 0 atom stereocenters. The van der Waals surface area contributed by atoms with Crippen LogP contribution in [0.25, 0.3) is 0 Å². The number of phenols is 1. The molecule has 0 amide bonds. The van der Waals surface area contributed by atoms with Crippen molar-refractivity contribution in [2.75, 3.05) is 32.7 Å². The summed E-state index contributed by atoms with van der Waals surface area (Å²) in [5.74, 6) is 0.242. The monoisotopic (exact) mass is 519 g/mol. The average Bonchev–Trinajstić information content (AvgIpc) is 3.25. The highest BCUT2D eigenvalue weighted by Gasteiger charge is 2.37. The molecule has 0 unspecified atom stereocenters. The lowest BCUT2D eigenvalue weighted by atomic mass is 9.87. The van der Waals surface area contributed by atoms with Gasteiger partial charge in [-0.15, -0.1) is 37.2 Å². The van der Waals surface area contributed by atoms with Gasteiger partial charge in [-0.25, -0.2) is 4.39 Å². The van der Waals surface area contributed by atoms with Crippen LogP contribution in [-0.4, -0.2) is 47.6 Å². The van der Waals surface area contributed by atoms with Crippen molar-refractivity contribution in [2.45, 2.75) is 51.2 Å². The molecule has 8 heteroatoms. The van der Waals surface area contributed by atoms with Crippen LogP contribution >= 0.6 is 37.2 Å². The Kier molecular flexibility index (Phi) is 12.5. The highest BCUT2D eigenvalue weighted by Crippen LogP contribution is 2.40.